The Balaban J connectivity index is 2.06. The summed E-state index contributed by atoms with van der Waals surface area (Å²) in [5, 5.41) is 0. The van der Waals surface area contributed by atoms with E-state index in [1.54, 1.807) is 0 Å². The van der Waals surface area contributed by atoms with Gasteiger partial charge in [0.25, 0.3) is 0 Å². The van der Waals surface area contributed by atoms with Gasteiger partial charge in [-0.2, -0.15) is 0 Å². The van der Waals surface area contributed by atoms with Crippen molar-refractivity contribution in [2.75, 3.05) is 0 Å². The molecular weight excluding hydrogens is 252 g/mol. The minimum atomic E-state index is -0.540. The van der Waals surface area contributed by atoms with Crippen LogP contribution in [0.5, 0.6) is 0 Å². The van der Waals surface area contributed by atoms with Gasteiger partial charge >= 0.3 is 0 Å². The lowest BCUT2D eigenvalue weighted by Gasteiger charge is -2.04. The first-order valence-electron chi connectivity index (χ1n) is 5.54. The molecule has 0 heterocycles. The van der Waals surface area contributed by atoms with Crippen LogP contribution < -0.4 is 5.73 Å². The second-order valence-electron chi connectivity index (χ2n) is 3.92. The van der Waals surface area contributed by atoms with Crippen molar-refractivity contribution in [2.24, 2.45) is 5.73 Å². The first kappa shape index (κ1) is 13.1. The van der Waals surface area contributed by atoms with Crippen LogP contribution in [0.3, 0.4) is 0 Å². The number of benzene rings is 2. The van der Waals surface area contributed by atoms with Crippen LogP contribution in [0.25, 0.3) is 0 Å². The minimum absolute atomic E-state index is 0.489. The number of thioether (sulfide) groups is 1. The molecule has 1 nitrogen and oxygen atoms in total. The number of hydrogen-bond donors (Lipinski definition) is 1. The van der Waals surface area contributed by atoms with Crippen LogP contribution in [-0.2, 0) is 12.3 Å². The third-order valence-corrected chi connectivity index (χ3v) is 3.53. The summed E-state index contributed by atoms with van der Waals surface area (Å²) in [5.74, 6) is -0.550. The molecule has 4 heteroatoms. The van der Waals surface area contributed by atoms with Gasteiger partial charge in [0, 0.05) is 23.3 Å². The van der Waals surface area contributed by atoms with Crippen molar-refractivity contribution in [1.29, 1.82) is 0 Å². The predicted molar refractivity (Wildman–Crippen MR) is 70.3 cm³/mol. The van der Waals surface area contributed by atoms with Crippen LogP contribution in [0.1, 0.15) is 11.1 Å². The van der Waals surface area contributed by atoms with Crippen molar-refractivity contribution >= 4 is 11.8 Å². The van der Waals surface area contributed by atoms with E-state index in [0.717, 1.165) is 16.5 Å². The Morgan fingerprint density at radius 2 is 1.67 bits per heavy atom. The van der Waals surface area contributed by atoms with Gasteiger partial charge in [0.05, 0.1) is 0 Å². The molecule has 0 aliphatic heterocycles. The maximum Gasteiger partial charge on any atom is 0.126 e. The molecule has 0 unspecified atom stereocenters. The molecule has 2 rings (SSSR count). The van der Waals surface area contributed by atoms with Gasteiger partial charge in [-0.25, -0.2) is 8.78 Å². The van der Waals surface area contributed by atoms with E-state index in [0.29, 0.717) is 17.9 Å². The number of halogens is 2. The Bertz CT molecular complexity index is 523. The first-order valence-corrected chi connectivity index (χ1v) is 6.53. The van der Waals surface area contributed by atoms with E-state index in [1.807, 2.05) is 24.3 Å². The molecule has 0 amide bonds. The molecule has 0 bridgehead atoms. The molecule has 0 radical (unpaired) electrons. The largest absolute Gasteiger partial charge is 0.326 e. The Morgan fingerprint density at radius 3 is 2.33 bits per heavy atom. The lowest BCUT2D eigenvalue weighted by molar-refractivity contribution is 0.581. The molecule has 2 aromatic carbocycles. The standard InChI is InChI=1S/C14H13F2NS/c15-12-4-11(5-13(16)7-12)9-18-14-3-1-2-10(6-14)8-17/h1-7H,8-9,17H2. The van der Waals surface area contributed by atoms with Crippen molar-refractivity contribution in [1.82, 2.24) is 0 Å². The van der Waals surface area contributed by atoms with E-state index in [4.69, 9.17) is 5.73 Å². The molecule has 0 fully saturated rings. The lowest BCUT2D eigenvalue weighted by atomic mass is 10.2. The fourth-order valence-corrected chi connectivity index (χ4v) is 2.53. The van der Waals surface area contributed by atoms with Crippen molar-refractivity contribution < 1.29 is 8.78 Å². The minimum Gasteiger partial charge on any atom is -0.326 e. The summed E-state index contributed by atoms with van der Waals surface area (Å²) in [7, 11) is 0. The van der Waals surface area contributed by atoms with Crippen LogP contribution in [0.15, 0.2) is 47.4 Å². The molecule has 0 aliphatic rings. The lowest BCUT2D eigenvalue weighted by Crippen LogP contribution is -1.95. The fourth-order valence-electron chi connectivity index (χ4n) is 1.62. The van der Waals surface area contributed by atoms with Gasteiger partial charge in [0.2, 0.25) is 0 Å². The van der Waals surface area contributed by atoms with Gasteiger partial charge in [0.15, 0.2) is 0 Å². The van der Waals surface area contributed by atoms with Crippen LogP contribution in [0.4, 0.5) is 8.78 Å². The van der Waals surface area contributed by atoms with Crippen molar-refractivity contribution in [3.63, 3.8) is 0 Å². The highest BCUT2D eigenvalue weighted by Crippen LogP contribution is 2.24. The fraction of sp³-hybridized carbons (Fsp3) is 0.143. The normalized spacial score (nSPS) is 10.6. The summed E-state index contributed by atoms with van der Waals surface area (Å²) in [4.78, 5) is 1.04. The van der Waals surface area contributed by atoms with Gasteiger partial charge in [0.1, 0.15) is 11.6 Å². The zero-order valence-corrected chi connectivity index (χ0v) is 10.5. The van der Waals surface area contributed by atoms with Crippen molar-refractivity contribution in [3.05, 3.63) is 65.2 Å². The average Bonchev–Trinajstić information content (AvgIpc) is 2.35. The van der Waals surface area contributed by atoms with Gasteiger partial charge in [-0.3, -0.25) is 0 Å². The van der Waals surface area contributed by atoms with E-state index >= 15 is 0 Å². The molecule has 0 atom stereocenters. The van der Waals surface area contributed by atoms with Crippen LogP contribution in [-0.4, -0.2) is 0 Å². The summed E-state index contributed by atoms with van der Waals surface area (Å²) in [6, 6.07) is 11.4. The second-order valence-corrected chi connectivity index (χ2v) is 4.97. The van der Waals surface area contributed by atoms with E-state index in [2.05, 4.69) is 0 Å². The van der Waals surface area contributed by atoms with E-state index < -0.39 is 11.6 Å². The molecule has 0 aliphatic carbocycles. The summed E-state index contributed by atoms with van der Waals surface area (Å²) in [6.45, 7) is 0.489. The Morgan fingerprint density at radius 1 is 0.944 bits per heavy atom. The topological polar surface area (TPSA) is 26.0 Å². The van der Waals surface area contributed by atoms with E-state index in [-0.39, 0.29) is 0 Å². The zero-order chi connectivity index (χ0) is 13.0. The Hall–Kier alpha value is -1.39. The third-order valence-electron chi connectivity index (χ3n) is 2.46. The van der Waals surface area contributed by atoms with Crippen LogP contribution >= 0.6 is 11.8 Å². The summed E-state index contributed by atoms with van der Waals surface area (Å²) in [6.07, 6.45) is 0. The quantitative estimate of drug-likeness (QED) is 0.853. The van der Waals surface area contributed by atoms with Gasteiger partial charge in [-0.05, 0) is 35.4 Å². The number of hydrogen-bond acceptors (Lipinski definition) is 2. The number of nitrogens with two attached hydrogens (primary N) is 1. The Kier molecular flexibility index (Phi) is 4.33. The predicted octanol–water partition coefficient (Wildman–Crippen LogP) is 3.72. The smallest absolute Gasteiger partial charge is 0.126 e. The highest BCUT2D eigenvalue weighted by atomic mass is 32.2. The van der Waals surface area contributed by atoms with Crippen LogP contribution in [0, 0.1) is 11.6 Å². The van der Waals surface area contributed by atoms with Crippen molar-refractivity contribution in [3.8, 4) is 0 Å². The summed E-state index contributed by atoms with van der Waals surface area (Å²) < 4.78 is 26.0. The average molecular weight is 265 g/mol. The number of rotatable bonds is 4. The third kappa shape index (κ3) is 3.55. The van der Waals surface area contributed by atoms with Crippen molar-refractivity contribution in [2.45, 2.75) is 17.2 Å². The molecule has 94 valence electrons. The molecular formula is C14H13F2NS. The summed E-state index contributed by atoms with van der Waals surface area (Å²) in [5.41, 5.74) is 7.24. The molecule has 0 saturated carbocycles. The molecule has 0 aromatic heterocycles. The highest BCUT2D eigenvalue weighted by molar-refractivity contribution is 7.98. The molecule has 0 saturated heterocycles. The Labute approximate surface area is 109 Å². The molecule has 0 spiro atoms. The highest BCUT2D eigenvalue weighted by Gasteiger charge is 2.02. The van der Waals surface area contributed by atoms with Gasteiger partial charge in [-0.1, -0.05) is 12.1 Å². The zero-order valence-electron chi connectivity index (χ0n) is 9.70. The molecule has 2 aromatic rings. The molecule has 18 heavy (non-hydrogen) atoms. The monoisotopic (exact) mass is 265 g/mol. The summed E-state index contributed by atoms with van der Waals surface area (Å²) >= 11 is 1.53. The maximum atomic E-state index is 13.0. The van der Waals surface area contributed by atoms with Gasteiger partial charge < -0.3 is 5.73 Å². The molecule has 2 N–H and O–H groups in total. The maximum absolute atomic E-state index is 13.0. The van der Waals surface area contributed by atoms with E-state index in [9.17, 15) is 8.78 Å². The van der Waals surface area contributed by atoms with Gasteiger partial charge in [-0.15, -0.1) is 11.8 Å². The van der Waals surface area contributed by atoms with Crippen LogP contribution in [0.2, 0.25) is 0 Å². The second kappa shape index (κ2) is 5.98. The SMILES string of the molecule is NCc1cccc(SCc2cc(F)cc(F)c2)c1. The van der Waals surface area contributed by atoms with E-state index in [1.165, 1.54) is 23.9 Å². The first-order chi connectivity index (χ1) is 8.67.